The quantitative estimate of drug-likeness (QED) is 0.450. The lowest BCUT2D eigenvalue weighted by atomic mass is 10.4. The largest absolute Gasteiger partial charge is 0.328 e. The number of hydrogen-bond donors (Lipinski definition) is 1. The summed E-state index contributed by atoms with van der Waals surface area (Å²) in [7, 11) is 0. The van der Waals surface area contributed by atoms with Crippen LogP contribution in [0.3, 0.4) is 0 Å². The molecule has 1 nitrogen and oxygen atoms in total. The molecule has 0 aromatic carbocycles. The minimum atomic E-state index is 1.06. The van der Waals surface area contributed by atoms with Gasteiger partial charge >= 0.3 is 0 Å². The summed E-state index contributed by atoms with van der Waals surface area (Å²) in [5.41, 5.74) is 1.06. The third-order valence-electron chi connectivity index (χ3n) is 0.753. The molecule has 9 heavy (non-hydrogen) atoms. The molecule has 0 aliphatic heterocycles. The van der Waals surface area contributed by atoms with Crippen molar-refractivity contribution in [1.82, 2.24) is 3.53 Å². The van der Waals surface area contributed by atoms with E-state index in [1.165, 1.54) is 0 Å². The molecule has 0 bridgehead atoms. The first kappa shape index (κ1) is 8.75. The highest BCUT2D eigenvalue weighted by Crippen LogP contribution is 1.94. The Balaban J connectivity index is 3.96. The Kier molecular flexibility index (Phi) is 5.72. The van der Waals surface area contributed by atoms with Gasteiger partial charge in [0.25, 0.3) is 0 Å². The van der Waals surface area contributed by atoms with Gasteiger partial charge in [0, 0.05) is 5.70 Å². The highest BCUT2D eigenvalue weighted by molar-refractivity contribution is 14.1. The Hall–Kier alpha value is -0.250. The summed E-state index contributed by atoms with van der Waals surface area (Å²) in [5.74, 6) is 0. The van der Waals surface area contributed by atoms with E-state index in [2.05, 4.69) is 33.0 Å². The van der Waals surface area contributed by atoms with Gasteiger partial charge in [0.15, 0.2) is 0 Å². The van der Waals surface area contributed by atoms with E-state index in [0.717, 1.165) is 5.70 Å². The topological polar surface area (TPSA) is 12.0 Å². The molecule has 0 unspecified atom stereocenters. The monoisotopic (exact) mass is 235 g/mol. The van der Waals surface area contributed by atoms with Gasteiger partial charge in [-0.2, -0.15) is 0 Å². The molecule has 0 atom stereocenters. The maximum atomic E-state index is 3.58. The fourth-order valence-electron chi connectivity index (χ4n) is 0.425. The molecule has 1 N–H and O–H groups in total. The average molecular weight is 235 g/mol. The lowest BCUT2D eigenvalue weighted by molar-refractivity contribution is 1.34. The van der Waals surface area contributed by atoms with Crippen molar-refractivity contribution in [2.75, 3.05) is 0 Å². The Morgan fingerprint density at radius 3 is 2.67 bits per heavy atom. The van der Waals surface area contributed by atoms with Crippen LogP contribution >= 0.6 is 22.9 Å². The van der Waals surface area contributed by atoms with Crippen LogP contribution in [0.25, 0.3) is 0 Å². The molecule has 2 heteroatoms. The minimum Gasteiger partial charge on any atom is -0.328 e. The third kappa shape index (κ3) is 4.27. The van der Waals surface area contributed by atoms with E-state index in [1.54, 1.807) is 6.08 Å². The Labute approximate surface area is 70.0 Å². The summed E-state index contributed by atoms with van der Waals surface area (Å²) in [4.78, 5) is 0. The van der Waals surface area contributed by atoms with Gasteiger partial charge in [-0.05, 0) is 19.1 Å². The van der Waals surface area contributed by atoms with Crippen molar-refractivity contribution in [1.29, 1.82) is 0 Å². The van der Waals surface area contributed by atoms with Crippen molar-refractivity contribution in [3.8, 4) is 0 Å². The second-order valence-electron chi connectivity index (χ2n) is 1.45. The van der Waals surface area contributed by atoms with Crippen molar-refractivity contribution < 1.29 is 0 Å². The number of hydrogen-bond acceptors (Lipinski definition) is 1. The van der Waals surface area contributed by atoms with E-state index >= 15 is 0 Å². The van der Waals surface area contributed by atoms with Crippen LogP contribution in [-0.4, -0.2) is 0 Å². The lowest BCUT2D eigenvalue weighted by Crippen LogP contribution is -1.92. The van der Waals surface area contributed by atoms with Gasteiger partial charge in [-0.25, -0.2) is 0 Å². The fourth-order valence-corrected chi connectivity index (χ4v) is 0.785. The predicted molar refractivity (Wildman–Crippen MR) is 50.2 cm³/mol. The van der Waals surface area contributed by atoms with Crippen LogP contribution < -0.4 is 3.53 Å². The molecule has 0 spiro atoms. The Morgan fingerprint density at radius 2 is 2.33 bits per heavy atom. The van der Waals surface area contributed by atoms with E-state index in [9.17, 15) is 0 Å². The highest BCUT2D eigenvalue weighted by atomic mass is 127. The normalized spacial score (nSPS) is 12.0. The SMILES string of the molecule is C=C/C=C(\C=C/C)NI. The van der Waals surface area contributed by atoms with Crippen molar-refractivity contribution in [3.63, 3.8) is 0 Å². The zero-order chi connectivity index (χ0) is 7.11. The Morgan fingerprint density at radius 1 is 1.67 bits per heavy atom. The standard InChI is InChI=1S/C7H10IN/c1-3-5-7(9-8)6-4-2/h3-6,9H,1H2,2H3/b6-4-,7-5+. The summed E-state index contributed by atoms with van der Waals surface area (Å²) < 4.78 is 2.98. The molecule has 0 rings (SSSR count). The first-order chi connectivity index (χ1) is 4.35. The van der Waals surface area contributed by atoms with E-state index in [1.807, 2.05) is 25.2 Å². The summed E-state index contributed by atoms with van der Waals surface area (Å²) in [5, 5.41) is 0. The maximum Gasteiger partial charge on any atom is 0.0560 e. The summed E-state index contributed by atoms with van der Waals surface area (Å²) in [6.07, 6.45) is 7.61. The van der Waals surface area contributed by atoms with Crippen LogP contribution in [0.15, 0.2) is 36.6 Å². The van der Waals surface area contributed by atoms with Gasteiger partial charge in [-0.1, -0.05) is 18.7 Å². The van der Waals surface area contributed by atoms with Crippen molar-refractivity contribution >= 4 is 22.9 Å². The fraction of sp³-hybridized carbons (Fsp3) is 0.143. The summed E-state index contributed by atoms with van der Waals surface area (Å²) in [6, 6.07) is 0. The molecule has 0 fully saturated rings. The molecule has 0 aromatic rings. The zero-order valence-electron chi connectivity index (χ0n) is 5.39. The van der Waals surface area contributed by atoms with E-state index in [0.29, 0.717) is 0 Å². The molecular weight excluding hydrogens is 225 g/mol. The highest BCUT2D eigenvalue weighted by Gasteiger charge is 1.80. The number of halogens is 1. The van der Waals surface area contributed by atoms with Crippen molar-refractivity contribution in [2.45, 2.75) is 6.92 Å². The summed E-state index contributed by atoms with van der Waals surface area (Å²) >= 11 is 2.08. The van der Waals surface area contributed by atoms with Crippen molar-refractivity contribution in [3.05, 3.63) is 36.6 Å². The lowest BCUT2D eigenvalue weighted by Gasteiger charge is -1.93. The maximum absolute atomic E-state index is 3.58. The molecule has 0 aliphatic rings. The smallest absolute Gasteiger partial charge is 0.0560 e. The number of allylic oxidation sites excluding steroid dienone is 4. The second kappa shape index (κ2) is 5.88. The van der Waals surface area contributed by atoms with Crippen LogP contribution in [0.2, 0.25) is 0 Å². The molecule has 0 heterocycles. The molecule has 0 amide bonds. The van der Waals surface area contributed by atoms with Crippen LogP contribution in [-0.2, 0) is 0 Å². The van der Waals surface area contributed by atoms with Gasteiger partial charge in [0.2, 0.25) is 0 Å². The first-order valence-electron chi connectivity index (χ1n) is 2.67. The van der Waals surface area contributed by atoms with E-state index in [-0.39, 0.29) is 0 Å². The molecule has 0 aromatic heterocycles. The van der Waals surface area contributed by atoms with Gasteiger partial charge in [0.1, 0.15) is 0 Å². The summed E-state index contributed by atoms with van der Waals surface area (Å²) in [6.45, 7) is 5.55. The average Bonchev–Trinajstić information content (AvgIpc) is 1.88. The molecule has 50 valence electrons. The molecule has 0 aliphatic carbocycles. The zero-order valence-corrected chi connectivity index (χ0v) is 7.55. The minimum absolute atomic E-state index is 1.06. The third-order valence-corrected chi connectivity index (χ3v) is 1.38. The molecule has 0 saturated carbocycles. The van der Waals surface area contributed by atoms with E-state index < -0.39 is 0 Å². The van der Waals surface area contributed by atoms with Crippen LogP contribution in [0.1, 0.15) is 6.92 Å². The molecule has 0 radical (unpaired) electrons. The predicted octanol–water partition coefficient (Wildman–Crippen LogP) is 2.57. The number of nitrogens with one attached hydrogen (secondary N) is 1. The van der Waals surface area contributed by atoms with E-state index in [4.69, 9.17) is 0 Å². The van der Waals surface area contributed by atoms with Gasteiger partial charge in [0.05, 0.1) is 22.9 Å². The Bertz CT molecular complexity index is 136. The molecule has 0 saturated heterocycles. The van der Waals surface area contributed by atoms with Gasteiger partial charge in [-0.3, -0.25) is 0 Å². The first-order valence-corrected chi connectivity index (χ1v) is 3.75. The van der Waals surface area contributed by atoms with Crippen molar-refractivity contribution in [2.24, 2.45) is 0 Å². The molecular formula is C7H10IN. The number of rotatable bonds is 3. The van der Waals surface area contributed by atoms with Gasteiger partial charge < -0.3 is 3.53 Å². The van der Waals surface area contributed by atoms with Crippen LogP contribution in [0.5, 0.6) is 0 Å². The van der Waals surface area contributed by atoms with Crippen LogP contribution in [0.4, 0.5) is 0 Å². The van der Waals surface area contributed by atoms with Crippen LogP contribution in [0, 0.1) is 0 Å². The second-order valence-corrected chi connectivity index (χ2v) is 1.99. The van der Waals surface area contributed by atoms with Gasteiger partial charge in [-0.15, -0.1) is 0 Å².